The standard InChI is InChI=1S/C40H50F3N5O10/c1-27(2)37(45-34(40(41,42)43)8-4-3-5-20-47-35(50)17-18-36(47)51)33(49)25-29(7-6-19-46-21-23-56-24-22-46)38(52)44-30-11-9-28(10-12-30)26-57-39(53)58-32-15-13-31(14-16-32)48(54)55/h9-18,27,29,34,37,45H,3-8,19-26H2,1-2H3,(H,44,52)/t29-,34-,37+/m1/s1. The molecule has 4 rings (SSSR count). The van der Waals surface area contributed by atoms with Gasteiger partial charge in [-0.05, 0) is 68.0 Å². The number of anilines is 1. The first kappa shape index (κ1) is 45.5. The molecule has 2 aromatic rings. The lowest BCUT2D eigenvalue weighted by atomic mass is 9.88. The number of hydrogen-bond donors (Lipinski definition) is 2. The number of ether oxygens (including phenoxy) is 3. The monoisotopic (exact) mass is 817 g/mol. The van der Waals surface area contributed by atoms with Crippen molar-refractivity contribution in [3.8, 4) is 5.75 Å². The van der Waals surface area contributed by atoms with Crippen LogP contribution in [-0.4, -0.2) is 102 Å². The van der Waals surface area contributed by atoms with Gasteiger partial charge in [0.05, 0.1) is 24.2 Å². The Morgan fingerprint density at radius 1 is 0.897 bits per heavy atom. The first-order valence-corrected chi connectivity index (χ1v) is 19.3. The lowest BCUT2D eigenvalue weighted by Crippen LogP contribution is -2.52. The van der Waals surface area contributed by atoms with Gasteiger partial charge in [-0.25, -0.2) is 4.79 Å². The van der Waals surface area contributed by atoms with Crippen LogP contribution in [0.4, 0.5) is 29.3 Å². The number of imide groups is 1. The highest BCUT2D eigenvalue weighted by atomic mass is 19.4. The molecule has 2 aromatic carbocycles. The Hall–Kier alpha value is -5.20. The summed E-state index contributed by atoms with van der Waals surface area (Å²) in [6, 6.07) is 8.08. The number of carbonyl (C=O) groups is 5. The predicted octanol–water partition coefficient (Wildman–Crippen LogP) is 5.97. The molecule has 0 bridgehead atoms. The Labute approximate surface area is 334 Å². The lowest BCUT2D eigenvalue weighted by molar-refractivity contribution is -0.384. The van der Waals surface area contributed by atoms with Crippen LogP contribution < -0.4 is 15.4 Å². The minimum absolute atomic E-state index is 0.0557. The van der Waals surface area contributed by atoms with E-state index in [1.165, 1.54) is 24.3 Å². The molecule has 0 spiro atoms. The van der Waals surface area contributed by atoms with Crippen molar-refractivity contribution < 1.29 is 56.3 Å². The second-order valence-electron chi connectivity index (χ2n) is 14.5. The average Bonchev–Trinajstić information content (AvgIpc) is 3.50. The van der Waals surface area contributed by atoms with Gasteiger partial charge >= 0.3 is 12.3 Å². The number of halogens is 3. The summed E-state index contributed by atoms with van der Waals surface area (Å²) in [5, 5.41) is 16.2. The van der Waals surface area contributed by atoms with Crippen molar-refractivity contribution in [1.82, 2.24) is 15.1 Å². The van der Waals surface area contributed by atoms with E-state index in [2.05, 4.69) is 15.5 Å². The Morgan fingerprint density at radius 3 is 2.16 bits per heavy atom. The van der Waals surface area contributed by atoms with Crippen molar-refractivity contribution in [2.24, 2.45) is 11.8 Å². The van der Waals surface area contributed by atoms with Crippen molar-refractivity contribution in [3.63, 3.8) is 0 Å². The number of rotatable bonds is 22. The minimum atomic E-state index is -4.65. The van der Waals surface area contributed by atoms with E-state index >= 15 is 0 Å². The number of benzene rings is 2. The Bertz CT molecular complexity index is 1730. The second kappa shape index (κ2) is 22.1. The molecule has 58 heavy (non-hydrogen) atoms. The molecule has 2 N–H and O–H groups in total. The predicted molar refractivity (Wildman–Crippen MR) is 205 cm³/mol. The van der Waals surface area contributed by atoms with E-state index in [1.54, 1.807) is 38.1 Å². The summed E-state index contributed by atoms with van der Waals surface area (Å²) in [6.07, 6.45) is -2.29. The molecule has 1 saturated heterocycles. The van der Waals surface area contributed by atoms with Gasteiger partial charge in [0, 0.05) is 61.9 Å². The summed E-state index contributed by atoms with van der Waals surface area (Å²) < 4.78 is 58.4. The van der Waals surface area contributed by atoms with E-state index in [4.69, 9.17) is 14.2 Å². The minimum Gasteiger partial charge on any atom is -0.429 e. The quantitative estimate of drug-likeness (QED) is 0.0355. The number of unbranched alkanes of at least 4 members (excludes halogenated alkanes) is 2. The maximum Gasteiger partial charge on any atom is 0.514 e. The van der Waals surface area contributed by atoms with Crippen LogP contribution in [0.5, 0.6) is 5.75 Å². The normalized spacial score (nSPS) is 16.3. The van der Waals surface area contributed by atoms with Crippen LogP contribution in [-0.2, 0) is 35.3 Å². The average molecular weight is 818 g/mol. The molecule has 2 aliphatic rings. The van der Waals surface area contributed by atoms with E-state index in [-0.39, 0.29) is 43.9 Å². The van der Waals surface area contributed by atoms with Crippen LogP contribution >= 0.6 is 0 Å². The number of ketones is 1. The molecule has 0 aromatic heterocycles. The molecule has 3 atom stereocenters. The van der Waals surface area contributed by atoms with Crippen molar-refractivity contribution in [2.75, 3.05) is 44.7 Å². The van der Waals surface area contributed by atoms with Crippen molar-refractivity contribution in [2.45, 2.75) is 83.7 Å². The third-order valence-corrected chi connectivity index (χ3v) is 9.84. The van der Waals surface area contributed by atoms with Gasteiger partial charge in [-0.1, -0.05) is 38.8 Å². The third-order valence-electron chi connectivity index (χ3n) is 9.84. The molecule has 0 saturated carbocycles. The number of nitrogens with zero attached hydrogens (tertiary/aromatic N) is 3. The molecule has 2 aliphatic heterocycles. The highest BCUT2D eigenvalue weighted by molar-refractivity contribution is 6.12. The number of nitro benzene ring substituents is 1. The van der Waals surface area contributed by atoms with E-state index in [0.717, 1.165) is 30.1 Å². The highest BCUT2D eigenvalue weighted by Crippen LogP contribution is 2.27. The fraction of sp³-hybridized carbons (Fsp3) is 0.525. The number of nitro groups is 1. The zero-order valence-electron chi connectivity index (χ0n) is 32.5. The summed E-state index contributed by atoms with van der Waals surface area (Å²) in [5.41, 5.74) is 0.769. The molecule has 1 fully saturated rings. The molecule has 3 amide bonds. The number of hydrogen-bond acceptors (Lipinski definition) is 12. The summed E-state index contributed by atoms with van der Waals surface area (Å²) >= 11 is 0. The third kappa shape index (κ3) is 14.6. The molecule has 0 radical (unpaired) electrons. The van der Waals surface area contributed by atoms with Crippen LogP contribution in [0.25, 0.3) is 0 Å². The van der Waals surface area contributed by atoms with Gasteiger partial charge in [0.1, 0.15) is 18.4 Å². The SMILES string of the molecule is CC(C)[C@H](N[C@H](CCCCCN1C(=O)C=CC1=O)C(F)(F)F)C(=O)C[C@@H](CCCN1CCOCC1)C(=O)Nc1ccc(COC(=O)Oc2ccc([N+](=O)[O-])cc2)cc1. The second-order valence-corrected chi connectivity index (χ2v) is 14.5. The Balaban J connectivity index is 1.34. The number of alkyl halides is 3. The van der Waals surface area contributed by atoms with Gasteiger partial charge in [-0.3, -0.25) is 44.4 Å². The van der Waals surface area contributed by atoms with Gasteiger partial charge in [-0.2, -0.15) is 13.2 Å². The largest absolute Gasteiger partial charge is 0.514 e. The molecule has 0 unspecified atom stereocenters. The molecular formula is C40H50F3N5O10. The van der Waals surface area contributed by atoms with E-state index in [0.29, 0.717) is 56.7 Å². The van der Waals surface area contributed by atoms with Gasteiger partial charge in [-0.15, -0.1) is 0 Å². The molecular weight excluding hydrogens is 767 g/mol. The van der Waals surface area contributed by atoms with E-state index < -0.39 is 64.7 Å². The van der Waals surface area contributed by atoms with Crippen molar-refractivity contribution in [3.05, 3.63) is 76.4 Å². The summed E-state index contributed by atoms with van der Waals surface area (Å²) in [7, 11) is 0. The Kier molecular flexibility index (Phi) is 17.3. The molecule has 316 valence electrons. The Morgan fingerprint density at radius 2 is 1.55 bits per heavy atom. The highest BCUT2D eigenvalue weighted by Gasteiger charge is 2.42. The molecule has 2 heterocycles. The van der Waals surface area contributed by atoms with Gasteiger partial charge in [0.2, 0.25) is 5.91 Å². The lowest BCUT2D eigenvalue weighted by Gasteiger charge is -2.30. The first-order valence-electron chi connectivity index (χ1n) is 19.3. The fourth-order valence-electron chi connectivity index (χ4n) is 6.58. The maximum atomic E-state index is 14.3. The number of Topliss-reactive ketones (excluding diaryl/α,β-unsaturated/α-hetero) is 1. The van der Waals surface area contributed by atoms with Gasteiger partial charge in [0.15, 0.2) is 5.78 Å². The maximum absolute atomic E-state index is 14.3. The number of carbonyl (C=O) groups excluding carboxylic acids is 5. The summed E-state index contributed by atoms with van der Waals surface area (Å²) in [5.74, 6) is -3.18. The zero-order chi connectivity index (χ0) is 42.2. The number of amides is 3. The topological polar surface area (TPSA) is 187 Å². The molecule has 0 aliphatic carbocycles. The van der Waals surface area contributed by atoms with Crippen LogP contribution in [0.3, 0.4) is 0 Å². The fourth-order valence-corrected chi connectivity index (χ4v) is 6.58. The van der Waals surface area contributed by atoms with Gasteiger partial charge in [0.25, 0.3) is 17.5 Å². The number of non-ortho nitro benzene ring substituents is 1. The van der Waals surface area contributed by atoms with E-state index in [9.17, 15) is 47.3 Å². The van der Waals surface area contributed by atoms with E-state index in [1.807, 2.05) is 0 Å². The van der Waals surface area contributed by atoms with Crippen molar-refractivity contribution in [1.29, 1.82) is 0 Å². The smallest absolute Gasteiger partial charge is 0.429 e. The zero-order valence-corrected chi connectivity index (χ0v) is 32.5. The molecule has 18 heteroatoms. The molecule has 15 nitrogen and oxygen atoms in total. The van der Waals surface area contributed by atoms with Crippen LogP contribution in [0.2, 0.25) is 0 Å². The summed E-state index contributed by atoms with van der Waals surface area (Å²) in [6.45, 7) is 6.50. The number of nitrogens with one attached hydrogen (secondary N) is 2. The van der Waals surface area contributed by atoms with Crippen molar-refractivity contribution >= 4 is 41.0 Å². The summed E-state index contributed by atoms with van der Waals surface area (Å²) in [4.78, 5) is 76.6. The van der Waals surface area contributed by atoms with Crippen LogP contribution in [0, 0.1) is 22.0 Å². The van der Waals surface area contributed by atoms with Gasteiger partial charge < -0.3 is 19.5 Å². The van der Waals surface area contributed by atoms with Crippen LogP contribution in [0.1, 0.15) is 64.4 Å². The first-order chi connectivity index (χ1) is 27.6. The number of morpholine rings is 1. The van der Waals surface area contributed by atoms with Crippen LogP contribution in [0.15, 0.2) is 60.7 Å².